The van der Waals surface area contributed by atoms with Gasteiger partial charge in [-0.1, -0.05) is 24.3 Å². The maximum atomic E-state index is 12.8. The van der Waals surface area contributed by atoms with Crippen molar-refractivity contribution < 1.29 is 23.9 Å². The number of nitrogens with one attached hydrogen (secondary N) is 1. The number of ether oxygens (including phenoxy) is 2. The Morgan fingerprint density at radius 1 is 0.806 bits per heavy atom. The summed E-state index contributed by atoms with van der Waals surface area (Å²) in [4.78, 5) is 37.9. The fourth-order valence-corrected chi connectivity index (χ4v) is 3.50. The molecule has 3 aromatic carbocycles. The van der Waals surface area contributed by atoms with E-state index in [1.165, 1.54) is 12.1 Å². The topological polar surface area (TPSA) is 81.7 Å². The molecule has 6 heteroatoms. The van der Waals surface area contributed by atoms with Crippen molar-refractivity contribution in [3.8, 4) is 11.5 Å². The van der Waals surface area contributed by atoms with Gasteiger partial charge in [-0.15, -0.1) is 0 Å². The van der Waals surface area contributed by atoms with Crippen molar-refractivity contribution in [1.82, 2.24) is 0 Å². The number of hydrogen-bond acceptors (Lipinski definition) is 5. The summed E-state index contributed by atoms with van der Waals surface area (Å²) in [7, 11) is 3.10. The summed E-state index contributed by atoms with van der Waals surface area (Å²) in [5, 5.41) is 2.73. The summed E-state index contributed by atoms with van der Waals surface area (Å²) in [6, 6.07) is 16.7. The Hall–Kier alpha value is -4.19. The normalized spacial score (nSPS) is 12.3. The van der Waals surface area contributed by atoms with Gasteiger partial charge in [0.1, 0.15) is 11.5 Å². The predicted molar refractivity (Wildman–Crippen MR) is 117 cm³/mol. The molecule has 0 radical (unpaired) electrons. The first kappa shape index (κ1) is 20.1. The van der Waals surface area contributed by atoms with Crippen molar-refractivity contribution in [3.05, 3.63) is 94.6 Å². The molecule has 6 nitrogen and oxygen atoms in total. The fraction of sp³-hybridized carbons (Fsp3) is 0.0800. The van der Waals surface area contributed by atoms with Gasteiger partial charge in [-0.2, -0.15) is 0 Å². The molecule has 0 heterocycles. The van der Waals surface area contributed by atoms with Crippen LogP contribution in [0.1, 0.15) is 37.4 Å². The standard InChI is InChI=1S/C25H19NO5/c1-30-17-9-11-22(31-2)15(13-17)7-12-23(27)26-16-8-10-20-21(14-16)25(29)19-6-4-3-5-18(19)24(20)28/h3-14H,1-2H3,(H,26,27)/b12-7+. The van der Waals surface area contributed by atoms with E-state index >= 15 is 0 Å². The van der Waals surface area contributed by atoms with E-state index in [1.54, 1.807) is 74.9 Å². The molecule has 0 aliphatic heterocycles. The highest BCUT2D eigenvalue weighted by Crippen LogP contribution is 2.29. The lowest BCUT2D eigenvalue weighted by Crippen LogP contribution is -2.21. The van der Waals surface area contributed by atoms with Gasteiger partial charge in [-0.05, 0) is 42.5 Å². The molecule has 0 aromatic heterocycles. The lowest BCUT2D eigenvalue weighted by Gasteiger charge is -2.18. The van der Waals surface area contributed by atoms with Gasteiger partial charge in [0.05, 0.1) is 14.2 Å². The van der Waals surface area contributed by atoms with Crippen LogP contribution in [0.15, 0.2) is 66.7 Å². The lowest BCUT2D eigenvalue weighted by molar-refractivity contribution is -0.111. The van der Waals surface area contributed by atoms with Crippen molar-refractivity contribution in [2.75, 3.05) is 19.5 Å². The van der Waals surface area contributed by atoms with E-state index in [9.17, 15) is 14.4 Å². The van der Waals surface area contributed by atoms with Crippen LogP contribution in [0.4, 0.5) is 5.69 Å². The van der Waals surface area contributed by atoms with Crippen LogP contribution in [-0.4, -0.2) is 31.7 Å². The number of carbonyl (C=O) groups excluding carboxylic acids is 3. The Balaban J connectivity index is 1.56. The molecule has 0 saturated carbocycles. The Kier molecular flexibility index (Phi) is 5.37. The highest BCUT2D eigenvalue weighted by Gasteiger charge is 2.29. The van der Waals surface area contributed by atoms with Crippen molar-refractivity contribution in [1.29, 1.82) is 0 Å². The maximum Gasteiger partial charge on any atom is 0.248 e. The number of methoxy groups -OCH3 is 2. The Bertz CT molecular complexity index is 1240. The van der Waals surface area contributed by atoms with Gasteiger partial charge in [0.2, 0.25) is 5.91 Å². The SMILES string of the molecule is COc1ccc(OC)c(/C=C/C(=O)Nc2ccc3c(c2)C(=O)c2ccccc2C3=O)c1. The number of anilines is 1. The molecule has 1 aliphatic rings. The van der Waals surface area contributed by atoms with Crippen LogP contribution in [0.5, 0.6) is 11.5 Å². The molecule has 1 N–H and O–H groups in total. The van der Waals surface area contributed by atoms with E-state index in [4.69, 9.17) is 9.47 Å². The minimum atomic E-state index is -0.389. The van der Waals surface area contributed by atoms with E-state index in [1.807, 2.05) is 0 Å². The Morgan fingerprint density at radius 3 is 2.16 bits per heavy atom. The summed E-state index contributed by atoms with van der Waals surface area (Å²) in [6.07, 6.45) is 2.97. The van der Waals surface area contributed by atoms with Crippen LogP contribution < -0.4 is 14.8 Å². The Morgan fingerprint density at radius 2 is 1.48 bits per heavy atom. The van der Waals surface area contributed by atoms with Gasteiger partial charge in [0.25, 0.3) is 0 Å². The highest BCUT2D eigenvalue weighted by molar-refractivity contribution is 6.28. The first-order chi connectivity index (χ1) is 15.0. The molecule has 4 rings (SSSR count). The number of benzene rings is 3. The lowest BCUT2D eigenvalue weighted by atomic mass is 9.84. The van der Waals surface area contributed by atoms with Crippen LogP contribution >= 0.6 is 0 Å². The van der Waals surface area contributed by atoms with Crippen molar-refractivity contribution in [2.24, 2.45) is 0 Å². The van der Waals surface area contributed by atoms with E-state index in [0.29, 0.717) is 39.4 Å². The number of fused-ring (bicyclic) bond motifs is 2. The fourth-order valence-electron chi connectivity index (χ4n) is 3.50. The molecule has 0 spiro atoms. The second-order valence-corrected chi connectivity index (χ2v) is 6.89. The molecular formula is C25H19NO5. The largest absolute Gasteiger partial charge is 0.497 e. The van der Waals surface area contributed by atoms with Crippen molar-refractivity contribution >= 4 is 29.2 Å². The predicted octanol–water partition coefficient (Wildman–Crippen LogP) is 4.13. The van der Waals surface area contributed by atoms with E-state index < -0.39 is 0 Å². The molecule has 154 valence electrons. The quantitative estimate of drug-likeness (QED) is 0.498. The summed E-state index contributed by atoms with van der Waals surface area (Å²) < 4.78 is 10.5. The van der Waals surface area contributed by atoms with Crippen LogP contribution in [0.3, 0.4) is 0 Å². The summed E-state index contributed by atoms with van der Waals surface area (Å²) in [5.41, 5.74) is 2.48. The van der Waals surface area contributed by atoms with Gasteiger partial charge in [0, 0.05) is 39.6 Å². The molecule has 3 aromatic rings. The van der Waals surface area contributed by atoms with E-state index in [0.717, 1.165) is 0 Å². The summed E-state index contributed by atoms with van der Waals surface area (Å²) in [5.74, 6) is 0.409. The molecule has 1 aliphatic carbocycles. The van der Waals surface area contributed by atoms with Crippen molar-refractivity contribution in [2.45, 2.75) is 0 Å². The number of hydrogen-bond donors (Lipinski definition) is 1. The van der Waals surface area contributed by atoms with Crippen LogP contribution in [0.2, 0.25) is 0 Å². The second-order valence-electron chi connectivity index (χ2n) is 6.89. The third kappa shape index (κ3) is 3.83. The van der Waals surface area contributed by atoms with Crippen LogP contribution in [0, 0.1) is 0 Å². The van der Waals surface area contributed by atoms with Gasteiger partial charge in [0.15, 0.2) is 11.6 Å². The zero-order valence-corrected chi connectivity index (χ0v) is 17.0. The average molecular weight is 413 g/mol. The number of ketones is 2. The monoisotopic (exact) mass is 413 g/mol. The number of rotatable bonds is 5. The highest BCUT2D eigenvalue weighted by atomic mass is 16.5. The number of carbonyl (C=O) groups is 3. The van der Waals surface area contributed by atoms with E-state index in [2.05, 4.69) is 5.32 Å². The summed E-state index contributed by atoms with van der Waals surface area (Å²) >= 11 is 0. The smallest absolute Gasteiger partial charge is 0.248 e. The maximum absolute atomic E-state index is 12.8. The van der Waals surface area contributed by atoms with Gasteiger partial charge in [-0.25, -0.2) is 0 Å². The minimum Gasteiger partial charge on any atom is -0.497 e. The molecular weight excluding hydrogens is 394 g/mol. The second kappa shape index (κ2) is 8.28. The third-order valence-electron chi connectivity index (χ3n) is 5.04. The van der Waals surface area contributed by atoms with Gasteiger partial charge in [-0.3, -0.25) is 14.4 Å². The molecule has 0 unspecified atom stereocenters. The minimum absolute atomic E-state index is 0.201. The zero-order valence-electron chi connectivity index (χ0n) is 17.0. The zero-order chi connectivity index (χ0) is 22.0. The summed E-state index contributed by atoms with van der Waals surface area (Å²) in [6.45, 7) is 0. The molecule has 1 amide bonds. The molecule has 0 fully saturated rings. The van der Waals surface area contributed by atoms with Gasteiger partial charge >= 0.3 is 0 Å². The molecule has 31 heavy (non-hydrogen) atoms. The van der Waals surface area contributed by atoms with Crippen LogP contribution in [0.25, 0.3) is 6.08 Å². The average Bonchev–Trinajstić information content (AvgIpc) is 2.81. The first-order valence-corrected chi connectivity index (χ1v) is 9.55. The molecule has 0 bridgehead atoms. The molecule has 0 saturated heterocycles. The third-order valence-corrected chi connectivity index (χ3v) is 5.04. The number of amides is 1. The van der Waals surface area contributed by atoms with E-state index in [-0.39, 0.29) is 23.0 Å². The Labute approximate surface area is 179 Å². The molecule has 0 atom stereocenters. The first-order valence-electron chi connectivity index (χ1n) is 9.55. The van der Waals surface area contributed by atoms with Crippen LogP contribution in [-0.2, 0) is 4.79 Å². The van der Waals surface area contributed by atoms with Gasteiger partial charge < -0.3 is 14.8 Å². The van der Waals surface area contributed by atoms with Crippen molar-refractivity contribution in [3.63, 3.8) is 0 Å².